The molecule has 1 aliphatic heterocycles. The Hall–Kier alpha value is -2.21. The lowest BCUT2D eigenvalue weighted by Gasteiger charge is -2.30. The predicted octanol–water partition coefficient (Wildman–Crippen LogP) is 0.776. The first-order chi connectivity index (χ1) is 9.58. The van der Waals surface area contributed by atoms with Crippen LogP contribution in [0.3, 0.4) is 0 Å². The summed E-state index contributed by atoms with van der Waals surface area (Å²) in [5.41, 5.74) is 0.666. The first kappa shape index (κ1) is 14.2. The van der Waals surface area contributed by atoms with Crippen molar-refractivity contribution in [1.82, 2.24) is 9.88 Å². The van der Waals surface area contributed by atoms with Crippen LogP contribution in [-0.4, -0.2) is 51.2 Å². The molecule has 2 N–H and O–H groups in total. The van der Waals surface area contributed by atoms with Crippen LogP contribution in [0.4, 0.5) is 0 Å². The number of aliphatic hydroxyl groups excluding tert-OH is 1. The number of likely N-dealkylation sites (tertiary alicyclic amines) is 1. The first-order valence-corrected chi connectivity index (χ1v) is 6.41. The molecule has 6 nitrogen and oxygen atoms in total. The molecule has 0 spiro atoms. The van der Waals surface area contributed by atoms with Gasteiger partial charge in [0, 0.05) is 30.9 Å². The molecule has 1 amide bonds. The first-order valence-electron chi connectivity index (χ1n) is 6.41. The van der Waals surface area contributed by atoms with Crippen LogP contribution in [0, 0.1) is 0 Å². The second kappa shape index (κ2) is 6.29. The number of aromatic nitrogens is 1. The quantitative estimate of drug-likeness (QED) is 0.796. The van der Waals surface area contributed by atoms with E-state index in [-0.39, 0.29) is 18.1 Å². The van der Waals surface area contributed by atoms with Crippen LogP contribution in [0.5, 0.6) is 0 Å². The number of hydrogen-bond donors (Lipinski definition) is 2. The number of nitrogens with zero attached hydrogens (tertiary/aromatic N) is 2. The van der Waals surface area contributed by atoms with E-state index in [0.717, 1.165) is 12.5 Å². The third kappa shape index (κ3) is 3.42. The number of pyridine rings is 1. The Balaban J connectivity index is 2.23. The Labute approximate surface area is 116 Å². The van der Waals surface area contributed by atoms with E-state index in [0.29, 0.717) is 18.5 Å². The topological polar surface area (TPSA) is 90.7 Å². The second-order valence-electron chi connectivity index (χ2n) is 4.66. The molecule has 0 saturated carbocycles. The van der Waals surface area contributed by atoms with E-state index >= 15 is 0 Å². The molecule has 1 aromatic rings. The Bertz CT molecular complexity index is 542. The molecule has 2 heterocycles. The SMILES string of the molecule is O=C(O)/C=C/c1cccnc1C(=O)N1CCCC(O)C1. The van der Waals surface area contributed by atoms with Crippen molar-refractivity contribution in [2.24, 2.45) is 0 Å². The molecular weight excluding hydrogens is 260 g/mol. The van der Waals surface area contributed by atoms with E-state index in [9.17, 15) is 14.7 Å². The van der Waals surface area contributed by atoms with Crippen molar-refractivity contribution in [3.8, 4) is 0 Å². The monoisotopic (exact) mass is 276 g/mol. The number of aliphatic hydroxyl groups is 1. The van der Waals surface area contributed by atoms with Gasteiger partial charge in [0.2, 0.25) is 0 Å². The van der Waals surface area contributed by atoms with Gasteiger partial charge in [-0.15, -0.1) is 0 Å². The number of carboxylic acids is 1. The molecule has 1 unspecified atom stereocenters. The highest BCUT2D eigenvalue weighted by Gasteiger charge is 2.24. The molecule has 1 atom stereocenters. The van der Waals surface area contributed by atoms with Gasteiger partial charge in [-0.2, -0.15) is 0 Å². The maximum atomic E-state index is 12.4. The number of carbonyl (C=O) groups is 2. The summed E-state index contributed by atoms with van der Waals surface area (Å²) in [7, 11) is 0. The zero-order valence-electron chi connectivity index (χ0n) is 10.9. The molecule has 0 radical (unpaired) electrons. The van der Waals surface area contributed by atoms with E-state index < -0.39 is 12.1 Å². The zero-order chi connectivity index (χ0) is 14.5. The molecule has 1 aliphatic rings. The van der Waals surface area contributed by atoms with E-state index in [4.69, 9.17) is 5.11 Å². The number of aliphatic carboxylic acids is 1. The largest absolute Gasteiger partial charge is 0.478 e. The van der Waals surface area contributed by atoms with E-state index in [1.54, 1.807) is 17.0 Å². The highest BCUT2D eigenvalue weighted by Crippen LogP contribution is 2.16. The summed E-state index contributed by atoms with van der Waals surface area (Å²) in [6.45, 7) is 0.867. The van der Waals surface area contributed by atoms with Gasteiger partial charge in [0.15, 0.2) is 0 Å². The highest BCUT2D eigenvalue weighted by atomic mass is 16.4. The number of hydrogen-bond acceptors (Lipinski definition) is 4. The lowest BCUT2D eigenvalue weighted by Crippen LogP contribution is -2.42. The van der Waals surface area contributed by atoms with Crippen LogP contribution < -0.4 is 0 Å². The molecular formula is C14H16N2O4. The number of carbonyl (C=O) groups excluding carboxylic acids is 1. The van der Waals surface area contributed by atoms with Gasteiger partial charge in [0.1, 0.15) is 5.69 Å². The van der Waals surface area contributed by atoms with Crippen molar-refractivity contribution in [2.45, 2.75) is 18.9 Å². The van der Waals surface area contributed by atoms with Crippen LogP contribution in [-0.2, 0) is 4.79 Å². The minimum Gasteiger partial charge on any atom is -0.478 e. The van der Waals surface area contributed by atoms with Crippen molar-refractivity contribution in [1.29, 1.82) is 0 Å². The number of piperidine rings is 1. The van der Waals surface area contributed by atoms with E-state index in [1.807, 2.05) is 0 Å². The summed E-state index contributed by atoms with van der Waals surface area (Å²) >= 11 is 0. The lowest BCUT2D eigenvalue weighted by molar-refractivity contribution is -0.131. The van der Waals surface area contributed by atoms with Gasteiger partial charge in [-0.3, -0.25) is 9.78 Å². The van der Waals surface area contributed by atoms with Gasteiger partial charge < -0.3 is 15.1 Å². The summed E-state index contributed by atoms with van der Waals surface area (Å²) in [4.78, 5) is 28.5. The molecule has 106 valence electrons. The summed E-state index contributed by atoms with van der Waals surface area (Å²) < 4.78 is 0. The van der Waals surface area contributed by atoms with Crippen LogP contribution in [0.15, 0.2) is 24.4 Å². The minimum absolute atomic E-state index is 0.208. The fourth-order valence-electron chi connectivity index (χ4n) is 2.18. The number of carboxylic acid groups (broad SMARTS) is 1. The second-order valence-corrected chi connectivity index (χ2v) is 4.66. The van der Waals surface area contributed by atoms with Gasteiger partial charge in [-0.1, -0.05) is 6.07 Å². The average Bonchev–Trinajstić information content (AvgIpc) is 2.44. The zero-order valence-corrected chi connectivity index (χ0v) is 10.9. The number of β-amino-alcohol motifs (C(OH)–C–C–N with tert-alkyl or cyclic N) is 1. The van der Waals surface area contributed by atoms with Crippen LogP contribution >= 0.6 is 0 Å². The predicted molar refractivity (Wildman–Crippen MR) is 72.1 cm³/mol. The van der Waals surface area contributed by atoms with Crippen LogP contribution in [0.25, 0.3) is 6.08 Å². The lowest BCUT2D eigenvalue weighted by atomic mass is 10.1. The molecule has 2 rings (SSSR count). The fourth-order valence-corrected chi connectivity index (χ4v) is 2.18. The maximum absolute atomic E-state index is 12.4. The maximum Gasteiger partial charge on any atom is 0.328 e. The van der Waals surface area contributed by atoms with Crippen molar-refractivity contribution in [2.75, 3.05) is 13.1 Å². The summed E-state index contributed by atoms with van der Waals surface area (Å²) in [6, 6.07) is 3.28. The van der Waals surface area contributed by atoms with E-state index in [2.05, 4.69) is 4.98 Å². The standard InChI is InChI=1S/C14H16N2O4/c17-11-4-2-8-16(9-11)14(20)13-10(3-1-7-15-13)5-6-12(18)19/h1,3,5-7,11,17H,2,4,8-9H2,(H,18,19)/b6-5+. The number of rotatable bonds is 3. The van der Waals surface area contributed by atoms with Gasteiger partial charge in [-0.05, 0) is 25.0 Å². The third-order valence-corrected chi connectivity index (χ3v) is 3.13. The molecule has 0 bridgehead atoms. The average molecular weight is 276 g/mol. The molecule has 0 aromatic carbocycles. The fraction of sp³-hybridized carbons (Fsp3) is 0.357. The summed E-state index contributed by atoms with van der Waals surface area (Å²) in [5.74, 6) is -1.37. The van der Waals surface area contributed by atoms with Crippen molar-refractivity contribution >= 4 is 18.0 Å². The number of amides is 1. The van der Waals surface area contributed by atoms with Gasteiger partial charge in [-0.25, -0.2) is 4.79 Å². The summed E-state index contributed by atoms with van der Waals surface area (Å²) in [6.07, 6.45) is 4.75. The minimum atomic E-state index is -1.08. The molecule has 0 aliphatic carbocycles. The van der Waals surface area contributed by atoms with Gasteiger partial charge >= 0.3 is 5.97 Å². The van der Waals surface area contributed by atoms with Crippen LogP contribution in [0.2, 0.25) is 0 Å². The molecule has 1 saturated heterocycles. The molecule has 6 heteroatoms. The highest BCUT2D eigenvalue weighted by molar-refractivity contribution is 5.97. The Morgan fingerprint density at radius 2 is 2.25 bits per heavy atom. The van der Waals surface area contributed by atoms with Crippen molar-refractivity contribution < 1.29 is 19.8 Å². The van der Waals surface area contributed by atoms with Crippen LogP contribution in [0.1, 0.15) is 28.9 Å². The van der Waals surface area contributed by atoms with Gasteiger partial charge in [0.05, 0.1) is 6.10 Å². The molecule has 1 aromatic heterocycles. The van der Waals surface area contributed by atoms with Crippen molar-refractivity contribution in [3.05, 3.63) is 35.7 Å². The normalized spacial score (nSPS) is 19.2. The molecule has 20 heavy (non-hydrogen) atoms. The summed E-state index contributed by atoms with van der Waals surface area (Å²) in [5, 5.41) is 18.3. The Morgan fingerprint density at radius 3 is 2.95 bits per heavy atom. The van der Waals surface area contributed by atoms with E-state index in [1.165, 1.54) is 12.3 Å². The van der Waals surface area contributed by atoms with Crippen molar-refractivity contribution in [3.63, 3.8) is 0 Å². The smallest absolute Gasteiger partial charge is 0.328 e. The Morgan fingerprint density at radius 1 is 1.45 bits per heavy atom. The third-order valence-electron chi connectivity index (χ3n) is 3.13. The van der Waals surface area contributed by atoms with Gasteiger partial charge in [0.25, 0.3) is 5.91 Å². The Kier molecular flexibility index (Phi) is 4.47. The molecule has 1 fully saturated rings.